The van der Waals surface area contributed by atoms with Gasteiger partial charge in [0.1, 0.15) is 6.04 Å². The molecule has 1 aliphatic rings. The summed E-state index contributed by atoms with van der Waals surface area (Å²) in [5.74, 6) is -2.03. The van der Waals surface area contributed by atoms with Crippen LogP contribution in [0.25, 0.3) is 0 Å². The minimum atomic E-state index is -1.16. The van der Waals surface area contributed by atoms with Crippen LogP contribution in [0.1, 0.15) is 38.5 Å². The number of carbonyl (C=O) groups excluding carboxylic acids is 2. The van der Waals surface area contributed by atoms with E-state index < -0.39 is 18.0 Å². The number of ether oxygens (including phenoxy) is 2. The highest BCUT2D eigenvalue weighted by Gasteiger charge is 2.24. The topological polar surface area (TPSA) is 102 Å². The fourth-order valence-corrected chi connectivity index (χ4v) is 2.05. The molecule has 7 heteroatoms. The van der Waals surface area contributed by atoms with E-state index in [0.29, 0.717) is 6.61 Å². The van der Waals surface area contributed by atoms with Crippen LogP contribution in [-0.2, 0) is 23.9 Å². The smallest absolute Gasteiger partial charge is 0.326 e. The third-order valence-electron chi connectivity index (χ3n) is 3.19. The fourth-order valence-electron chi connectivity index (χ4n) is 2.05. The maximum Gasteiger partial charge on any atom is 0.326 e. The van der Waals surface area contributed by atoms with Gasteiger partial charge in [0.05, 0.1) is 19.6 Å². The number of amides is 1. The minimum absolute atomic E-state index is 0.0132. The predicted octanol–water partition coefficient (Wildman–Crippen LogP) is 0.468. The van der Waals surface area contributed by atoms with Crippen molar-refractivity contribution in [2.45, 2.75) is 50.7 Å². The molecule has 114 valence electrons. The zero-order valence-electron chi connectivity index (χ0n) is 11.6. The van der Waals surface area contributed by atoms with Gasteiger partial charge in [-0.05, 0) is 25.7 Å². The lowest BCUT2D eigenvalue weighted by Gasteiger charge is -2.23. The van der Waals surface area contributed by atoms with Crippen molar-refractivity contribution in [1.82, 2.24) is 5.32 Å². The van der Waals surface area contributed by atoms with Gasteiger partial charge in [0.2, 0.25) is 5.91 Å². The molecule has 1 aliphatic heterocycles. The van der Waals surface area contributed by atoms with Gasteiger partial charge in [-0.15, -0.1) is 0 Å². The van der Waals surface area contributed by atoms with E-state index >= 15 is 0 Å². The minimum Gasteiger partial charge on any atom is -0.480 e. The van der Waals surface area contributed by atoms with Crippen LogP contribution in [0.2, 0.25) is 0 Å². The van der Waals surface area contributed by atoms with Crippen LogP contribution < -0.4 is 5.32 Å². The SMILES string of the molecule is COC(=O)CCC(NC(=O)CC1CCCCO1)C(=O)O. The summed E-state index contributed by atoms with van der Waals surface area (Å²) >= 11 is 0. The summed E-state index contributed by atoms with van der Waals surface area (Å²) in [6.07, 6.45) is 2.80. The summed E-state index contributed by atoms with van der Waals surface area (Å²) in [5.41, 5.74) is 0. The molecule has 1 rings (SSSR count). The summed E-state index contributed by atoms with van der Waals surface area (Å²) in [6.45, 7) is 0.642. The standard InChI is InChI=1S/C13H21NO6/c1-19-12(16)6-5-10(13(17)18)14-11(15)8-9-4-2-3-7-20-9/h9-10H,2-8H2,1H3,(H,14,15)(H,17,18). The number of esters is 1. The molecule has 0 aromatic heterocycles. The van der Waals surface area contributed by atoms with Gasteiger partial charge < -0.3 is 19.9 Å². The highest BCUT2D eigenvalue weighted by Crippen LogP contribution is 2.15. The van der Waals surface area contributed by atoms with E-state index in [-0.39, 0.29) is 31.3 Å². The zero-order chi connectivity index (χ0) is 15.0. The van der Waals surface area contributed by atoms with Crippen molar-refractivity contribution in [3.8, 4) is 0 Å². The Balaban J connectivity index is 2.37. The van der Waals surface area contributed by atoms with E-state index in [1.807, 2.05) is 0 Å². The normalized spacial score (nSPS) is 19.9. The second kappa shape index (κ2) is 8.52. The van der Waals surface area contributed by atoms with E-state index in [9.17, 15) is 14.4 Å². The summed E-state index contributed by atoms with van der Waals surface area (Å²) in [4.78, 5) is 33.8. The number of rotatable bonds is 7. The van der Waals surface area contributed by atoms with Gasteiger partial charge in [-0.3, -0.25) is 9.59 Å². The maximum atomic E-state index is 11.8. The van der Waals surface area contributed by atoms with Crippen LogP contribution in [0.15, 0.2) is 0 Å². The molecule has 20 heavy (non-hydrogen) atoms. The van der Waals surface area contributed by atoms with Gasteiger partial charge in [-0.25, -0.2) is 4.79 Å². The highest BCUT2D eigenvalue weighted by atomic mass is 16.5. The summed E-state index contributed by atoms with van der Waals surface area (Å²) in [6, 6.07) is -1.08. The average Bonchev–Trinajstić information content (AvgIpc) is 2.43. The molecule has 2 unspecified atom stereocenters. The molecule has 0 spiro atoms. The molecule has 2 N–H and O–H groups in total. The first-order valence-electron chi connectivity index (χ1n) is 6.73. The molecular formula is C13H21NO6. The van der Waals surface area contributed by atoms with E-state index in [2.05, 4.69) is 10.1 Å². The molecule has 1 heterocycles. The lowest BCUT2D eigenvalue weighted by Crippen LogP contribution is -2.42. The molecule has 1 saturated heterocycles. The monoisotopic (exact) mass is 287 g/mol. The Labute approximate surface area is 117 Å². The predicted molar refractivity (Wildman–Crippen MR) is 69.0 cm³/mol. The van der Waals surface area contributed by atoms with Gasteiger partial charge in [-0.2, -0.15) is 0 Å². The van der Waals surface area contributed by atoms with Crippen LogP contribution >= 0.6 is 0 Å². The van der Waals surface area contributed by atoms with Crippen LogP contribution in [0, 0.1) is 0 Å². The van der Waals surface area contributed by atoms with Gasteiger partial charge in [0.25, 0.3) is 0 Å². The largest absolute Gasteiger partial charge is 0.480 e. The van der Waals surface area contributed by atoms with Crippen LogP contribution in [0.4, 0.5) is 0 Å². The number of carboxylic acid groups (broad SMARTS) is 1. The van der Waals surface area contributed by atoms with Crippen molar-refractivity contribution in [2.24, 2.45) is 0 Å². The Morgan fingerprint density at radius 3 is 2.70 bits per heavy atom. The fraction of sp³-hybridized carbons (Fsp3) is 0.769. The van der Waals surface area contributed by atoms with Crippen molar-refractivity contribution in [2.75, 3.05) is 13.7 Å². The first-order chi connectivity index (χ1) is 9.52. The molecule has 1 amide bonds. The lowest BCUT2D eigenvalue weighted by molar-refractivity contribution is -0.144. The van der Waals surface area contributed by atoms with E-state index in [1.165, 1.54) is 7.11 Å². The first kappa shape index (κ1) is 16.4. The Kier molecular flexibility index (Phi) is 7.00. The first-order valence-corrected chi connectivity index (χ1v) is 6.73. The van der Waals surface area contributed by atoms with Gasteiger partial charge in [0, 0.05) is 13.0 Å². The summed E-state index contributed by atoms with van der Waals surface area (Å²) in [5, 5.41) is 11.4. The Morgan fingerprint density at radius 2 is 2.15 bits per heavy atom. The number of aliphatic carboxylic acids is 1. The van der Waals surface area contributed by atoms with Crippen molar-refractivity contribution in [3.05, 3.63) is 0 Å². The van der Waals surface area contributed by atoms with E-state index in [1.54, 1.807) is 0 Å². The lowest BCUT2D eigenvalue weighted by atomic mass is 10.1. The van der Waals surface area contributed by atoms with Crippen molar-refractivity contribution < 1.29 is 29.0 Å². The number of nitrogens with one attached hydrogen (secondary N) is 1. The summed E-state index contributed by atoms with van der Waals surface area (Å²) in [7, 11) is 1.23. The number of hydrogen-bond acceptors (Lipinski definition) is 5. The van der Waals surface area contributed by atoms with Gasteiger partial charge in [-0.1, -0.05) is 0 Å². The average molecular weight is 287 g/mol. The quantitative estimate of drug-likeness (QED) is 0.660. The third kappa shape index (κ3) is 6.01. The molecule has 0 aliphatic carbocycles. The van der Waals surface area contributed by atoms with Crippen LogP contribution in [-0.4, -0.2) is 48.8 Å². The highest BCUT2D eigenvalue weighted by molar-refractivity contribution is 5.84. The molecule has 0 bridgehead atoms. The number of carbonyl (C=O) groups is 3. The molecule has 0 aromatic rings. The molecule has 2 atom stereocenters. The second-order valence-corrected chi connectivity index (χ2v) is 4.77. The van der Waals surface area contributed by atoms with Gasteiger partial charge >= 0.3 is 11.9 Å². The Morgan fingerprint density at radius 1 is 1.40 bits per heavy atom. The van der Waals surface area contributed by atoms with Crippen LogP contribution in [0.5, 0.6) is 0 Å². The van der Waals surface area contributed by atoms with Crippen molar-refractivity contribution in [3.63, 3.8) is 0 Å². The summed E-state index contributed by atoms with van der Waals surface area (Å²) < 4.78 is 9.87. The molecule has 1 fully saturated rings. The van der Waals surface area contributed by atoms with Crippen molar-refractivity contribution in [1.29, 1.82) is 0 Å². The molecule has 0 saturated carbocycles. The second-order valence-electron chi connectivity index (χ2n) is 4.77. The van der Waals surface area contributed by atoms with E-state index in [4.69, 9.17) is 9.84 Å². The molecule has 0 radical (unpaired) electrons. The Hall–Kier alpha value is -1.63. The van der Waals surface area contributed by atoms with Gasteiger partial charge in [0.15, 0.2) is 0 Å². The number of methoxy groups -OCH3 is 1. The molecule has 7 nitrogen and oxygen atoms in total. The molecular weight excluding hydrogens is 266 g/mol. The van der Waals surface area contributed by atoms with E-state index in [0.717, 1.165) is 19.3 Å². The van der Waals surface area contributed by atoms with Crippen molar-refractivity contribution >= 4 is 17.8 Å². The molecule has 0 aromatic carbocycles. The number of carboxylic acids is 1. The number of hydrogen-bond donors (Lipinski definition) is 2. The van der Waals surface area contributed by atoms with Crippen LogP contribution in [0.3, 0.4) is 0 Å². The maximum absolute atomic E-state index is 11.8. The Bertz CT molecular complexity index is 351. The zero-order valence-corrected chi connectivity index (χ0v) is 11.6. The third-order valence-corrected chi connectivity index (χ3v) is 3.19.